The molecule has 0 N–H and O–H groups in total. The molecular weight excluding hydrogens is 580 g/mol. The third kappa shape index (κ3) is 5.43. The van der Waals surface area contributed by atoms with Crippen LogP contribution in [0.25, 0.3) is 21.9 Å². The topological polar surface area (TPSA) is 122 Å². The molecule has 2 aromatic carbocycles. The van der Waals surface area contributed by atoms with Crippen LogP contribution in [0.4, 0.5) is 0 Å². The third-order valence-corrected chi connectivity index (χ3v) is 7.88. The summed E-state index contributed by atoms with van der Waals surface area (Å²) in [5.41, 5.74) is 1.72. The van der Waals surface area contributed by atoms with E-state index in [1.165, 1.54) is 14.2 Å². The summed E-state index contributed by atoms with van der Waals surface area (Å²) in [7, 11) is 3.02. The summed E-state index contributed by atoms with van der Waals surface area (Å²) in [6, 6.07) is 6.71. The second-order valence-electron chi connectivity index (χ2n) is 10.1. The van der Waals surface area contributed by atoms with E-state index >= 15 is 0 Å². The van der Waals surface area contributed by atoms with Crippen molar-refractivity contribution in [2.24, 2.45) is 0 Å². The van der Waals surface area contributed by atoms with Crippen molar-refractivity contribution in [3.63, 3.8) is 0 Å². The zero-order valence-corrected chi connectivity index (χ0v) is 25.0. The molecule has 2 fully saturated rings. The Kier molecular flexibility index (Phi) is 8.28. The van der Waals surface area contributed by atoms with Gasteiger partial charge >= 0.3 is 0 Å². The molecule has 43 heavy (non-hydrogen) atoms. The number of ether oxygens (including phenoxy) is 5. The number of hydrogen-bond donors (Lipinski definition) is 1. The predicted molar refractivity (Wildman–Crippen MR) is 158 cm³/mol. The van der Waals surface area contributed by atoms with Gasteiger partial charge in [-0.15, -0.1) is 0 Å². The number of benzene rings is 2. The van der Waals surface area contributed by atoms with Crippen molar-refractivity contribution in [1.29, 1.82) is 0 Å². The van der Waals surface area contributed by atoms with Crippen LogP contribution in [0.1, 0.15) is 32.2 Å². The molecule has 0 saturated carbocycles. The number of thiol groups is 1. The number of rotatable bonds is 8. The Morgan fingerprint density at radius 2 is 1.26 bits per heavy atom. The van der Waals surface area contributed by atoms with Crippen molar-refractivity contribution in [2.45, 2.75) is 13.5 Å². The van der Waals surface area contributed by atoms with E-state index in [0.717, 1.165) is 0 Å². The van der Waals surface area contributed by atoms with Gasteiger partial charge in [0.25, 0.3) is 11.8 Å². The first-order valence-corrected chi connectivity index (χ1v) is 14.2. The van der Waals surface area contributed by atoms with Crippen molar-refractivity contribution in [3.8, 4) is 23.0 Å². The van der Waals surface area contributed by atoms with E-state index in [9.17, 15) is 9.59 Å². The highest BCUT2D eigenvalue weighted by Crippen LogP contribution is 2.40. The summed E-state index contributed by atoms with van der Waals surface area (Å²) in [4.78, 5) is 30.7. The molecule has 6 rings (SSSR count). The molecule has 4 heterocycles. The molecular formula is C30H32N2O10S. The molecule has 228 valence electrons. The van der Waals surface area contributed by atoms with Gasteiger partial charge in [-0.25, -0.2) is 0 Å². The molecule has 0 radical (unpaired) electrons. The Morgan fingerprint density at radius 1 is 0.744 bits per heavy atom. The molecule has 2 saturated heterocycles. The van der Waals surface area contributed by atoms with Crippen LogP contribution in [0, 0.1) is 6.92 Å². The van der Waals surface area contributed by atoms with Crippen LogP contribution in [-0.4, -0.2) is 88.4 Å². The van der Waals surface area contributed by atoms with Gasteiger partial charge in [0, 0.05) is 62.0 Å². The standard InChI is InChI=1S/C30H32N2O10S/c1-17-27(29(33)31-4-8-37-9-5-31)18-12-24(22(35-2)14-20(18)40-17)39-16-26-28(30(34)32-6-10-38-11-7-32)19-13-25(42-43)23(36-3)15-21(19)41-26/h12-15,43H,4-11,16H2,1-3H3. The summed E-state index contributed by atoms with van der Waals surface area (Å²) < 4.78 is 45.4. The van der Waals surface area contributed by atoms with Gasteiger partial charge in [0.15, 0.2) is 28.8 Å². The highest BCUT2D eigenvalue weighted by molar-refractivity contribution is 7.75. The maximum atomic E-state index is 13.8. The summed E-state index contributed by atoms with van der Waals surface area (Å²) in [5.74, 6) is 1.93. The fourth-order valence-electron chi connectivity index (χ4n) is 5.48. The summed E-state index contributed by atoms with van der Waals surface area (Å²) in [5, 5.41) is 1.13. The van der Waals surface area contributed by atoms with E-state index in [2.05, 4.69) is 12.9 Å². The normalized spacial score (nSPS) is 15.6. The van der Waals surface area contributed by atoms with Crippen LogP contribution >= 0.6 is 12.9 Å². The largest absolute Gasteiger partial charge is 0.493 e. The number of carbonyl (C=O) groups is 2. The van der Waals surface area contributed by atoms with Crippen molar-refractivity contribution in [3.05, 3.63) is 46.9 Å². The van der Waals surface area contributed by atoms with Crippen molar-refractivity contribution < 1.29 is 46.3 Å². The molecule has 2 aromatic heterocycles. The van der Waals surface area contributed by atoms with E-state index in [1.807, 2.05) is 0 Å². The minimum atomic E-state index is -0.220. The molecule has 2 aliphatic rings. The minimum Gasteiger partial charge on any atom is -0.493 e. The second kappa shape index (κ2) is 12.3. The van der Waals surface area contributed by atoms with Gasteiger partial charge in [0.2, 0.25) is 0 Å². The lowest BCUT2D eigenvalue weighted by Gasteiger charge is -2.27. The van der Waals surface area contributed by atoms with E-state index in [1.54, 1.807) is 41.0 Å². The molecule has 13 heteroatoms. The zero-order chi connectivity index (χ0) is 30.1. The molecule has 0 atom stereocenters. The lowest BCUT2D eigenvalue weighted by atomic mass is 10.1. The summed E-state index contributed by atoms with van der Waals surface area (Å²) in [6.45, 7) is 5.41. The van der Waals surface area contributed by atoms with E-state index in [0.29, 0.717) is 120 Å². The third-order valence-electron chi connectivity index (χ3n) is 7.68. The molecule has 0 spiro atoms. The molecule has 12 nitrogen and oxygen atoms in total. The Labute approximate surface area is 252 Å². The zero-order valence-electron chi connectivity index (χ0n) is 24.1. The Morgan fingerprint density at radius 3 is 1.84 bits per heavy atom. The van der Waals surface area contributed by atoms with Crippen LogP contribution in [0.5, 0.6) is 23.0 Å². The van der Waals surface area contributed by atoms with Gasteiger partial charge < -0.3 is 46.5 Å². The van der Waals surface area contributed by atoms with Gasteiger partial charge in [0.05, 0.1) is 51.8 Å². The smallest absolute Gasteiger partial charge is 0.258 e. The van der Waals surface area contributed by atoms with Gasteiger partial charge in [-0.2, -0.15) is 0 Å². The van der Waals surface area contributed by atoms with Crippen LogP contribution < -0.4 is 18.4 Å². The van der Waals surface area contributed by atoms with Crippen molar-refractivity contribution in [2.75, 3.05) is 66.8 Å². The predicted octanol–water partition coefficient (Wildman–Crippen LogP) is 4.25. The van der Waals surface area contributed by atoms with E-state index in [-0.39, 0.29) is 18.4 Å². The molecule has 0 unspecified atom stereocenters. The lowest BCUT2D eigenvalue weighted by Crippen LogP contribution is -2.41. The summed E-state index contributed by atoms with van der Waals surface area (Å²) >= 11 is 3.95. The van der Waals surface area contributed by atoms with E-state index in [4.69, 9.17) is 36.7 Å². The number of methoxy groups -OCH3 is 2. The molecule has 2 aliphatic heterocycles. The number of amides is 2. The molecule has 2 amide bonds. The number of fused-ring (bicyclic) bond motifs is 2. The fraction of sp³-hybridized carbons (Fsp3) is 0.400. The Balaban J connectivity index is 1.38. The van der Waals surface area contributed by atoms with Crippen LogP contribution in [0.3, 0.4) is 0 Å². The van der Waals surface area contributed by atoms with Crippen molar-refractivity contribution >= 4 is 46.7 Å². The number of furan rings is 2. The fourth-order valence-corrected chi connectivity index (χ4v) is 5.62. The molecule has 0 aliphatic carbocycles. The summed E-state index contributed by atoms with van der Waals surface area (Å²) in [6.07, 6.45) is 0. The SMILES string of the molecule is COc1cc2oc(COc3cc4c(C(=O)N5CCOCC5)c(C)oc4cc3OC)c(C(=O)N3CCOCC3)c2cc1OS. The van der Waals surface area contributed by atoms with Gasteiger partial charge in [-0.1, -0.05) is 0 Å². The highest BCUT2D eigenvalue weighted by Gasteiger charge is 2.30. The first-order chi connectivity index (χ1) is 20.9. The minimum absolute atomic E-state index is 0.106. The van der Waals surface area contributed by atoms with Gasteiger partial charge in [-0.05, 0) is 19.1 Å². The van der Waals surface area contributed by atoms with Gasteiger partial charge in [0.1, 0.15) is 23.5 Å². The number of nitrogens with zero attached hydrogens (tertiary/aromatic N) is 2. The number of aryl methyl sites for hydroxylation is 1. The van der Waals surface area contributed by atoms with Crippen molar-refractivity contribution in [1.82, 2.24) is 9.80 Å². The first kappa shape index (κ1) is 29.0. The van der Waals surface area contributed by atoms with Crippen LogP contribution in [-0.2, 0) is 16.1 Å². The quantitative estimate of drug-likeness (QED) is 0.228. The number of morpholine rings is 2. The van der Waals surface area contributed by atoms with Crippen LogP contribution in [0.2, 0.25) is 0 Å². The maximum absolute atomic E-state index is 13.8. The number of carbonyl (C=O) groups excluding carboxylic acids is 2. The van der Waals surface area contributed by atoms with Crippen LogP contribution in [0.15, 0.2) is 33.1 Å². The number of hydrogen-bond acceptors (Lipinski definition) is 11. The van der Waals surface area contributed by atoms with Gasteiger partial charge in [-0.3, -0.25) is 9.59 Å². The molecule has 0 bridgehead atoms. The monoisotopic (exact) mass is 612 g/mol. The Bertz CT molecular complexity index is 1670. The maximum Gasteiger partial charge on any atom is 0.258 e. The highest BCUT2D eigenvalue weighted by atomic mass is 32.1. The second-order valence-corrected chi connectivity index (χ2v) is 10.3. The van der Waals surface area contributed by atoms with E-state index < -0.39 is 0 Å². The molecule has 4 aromatic rings. The Hall–Kier alpha value is -4.07. The average molecular weight is 613 g/mol. The average Bonchev–Trinajstić information content (AvgIpc) is 3.57. The lowest BCUT2D eigenvalue weighted by molar-refractivity contribution is 0.0300. The first-order valence-electron chi connectivity index (χ1n) is 13.9.